The fourth-order valence-corrected chi connectivity index (χ4v) is 2.78. The molecule has 0 aliphatic heterocycles. The standard InChI is InChI=1S/C13H19FN2/c1-15-7-10-4-2-3-5-13(10)11-6-12(14)9-16-8-11/h6,8-10,13,15H,2-5,7H2,1H3. The van der Waals surface area contributed by atoms with Gasteiger partial charge in [-0.15, -0.1) is 0 Å². The Kier molecular flexibility index (Phi) is 3.88. The molecule has 1 saturated carbocycles. The molecule has 0 bridgehead atoms. The Morgan fingerprint density at radius 2 is 2.19 bits per heavy atom. The van der Waals surface area contributed by atoms with Gasteiger partial charge in [0, 0.05) is 6.20 Å². The molecule has 2 rings (SSSR count). The Labute approximate surface area is 96.3 Å². The zero-order chi connectivity index (χ0) is 11.4. The monoisotopic (exact) mass is 222 g/mol. The fourth-order valence-electron chi connectivity index (χ4n) is 2.78. The summed E-state index contributed by atoms with van der Waals surface area (Å²) in [6.07, 6.45) is 8.05. The molecular formula is C13H19FN2. The van der Waals surface area contributed by atoms with Gasteiger partial charge in [0.1, 0.15) is 5.82 Å². The van der Waals surface area contributed by atoms with Crippen molar-refractivity contribution in [3.63, 3.8) is 0 Å². The average Bonchev–Trinajstić information content (AvgIpc) is 2.30. The maximum Gasteiger partial charge on any atom is 0.141 e. The predicted molar refractivity (Wildman–Crippen MR) is 62.8 cm³/mol. The molecule has 2 nitrogen and oxygen atoms in total. The van der Waals surface area contributed by atoms with Crippen molar-refractivity contribution < 1.29 is 4.39 Å². The van der Waals surface area contributed by atoms with Gasteiger partial charge in [0.05, 0.1) is 6.20 Å². The lowest BCUT2D eigenvalue weighted by molar-refractivity contribution is 0.300. The summed E-state index contributed by atoms with van der Waals surface area (Å²) in [6, 6.07) is 1.64. The van der Waals surface area contributed by atoms with E-state index in [0.29, 0.717) is 11.8 Å². The van der Waals surface area contributed by atoms with E-state index in [-0.39, 0.29) is 5.82 Å². The molecule has 1 N–H and O–H groups in total. The van der Waals surface area contributed by atoms with Crippen LogP contribution in [0.4, 0.5) is 4.39 Å². The van der Waals surface area contributed by atoms with E-state index in [1.54, 1.807) is 6.07 Å². The quantitative estimate of drug-likeness (QED) is 0.850. The molecule has 2 atom stereocenters. The van der Waals surface area contributed by atoms with Gasteiger partial charge in [0.25, 0.3) is 0 Å². The summed E-state index contributed by atoms with van der Waals surface area (Å²) in [4.78, 5) is 3.96. The van der Waals surface area contributed by atoms with Crippen LogP contribution in [0.2, 0.25) is 0 Å². The van der Waals surface area contributed by atoms with E-state index in [2.05, 4.69) is 10.3 Å². The summed E-state index contributed by atoms with van der Waals surface area (Å²) >= 11 is 0. The SMILES string of the molecule is CNCC1CCCCC1c1cncc(F)c1. The number of rotatable bonds is 3. The largest absolute Gasteiger partial charge is 0.319 e. The van der Waals surface area contributed by atoms with E-state index in [1.807, 2.05) is 13.2 Å². The average molecular weight is 222 g/mol. The zero-order valence-corrected chi connectivity index (χ0v) is 9.75. The normalized spacial score (nSPS) is 25.6. The van der Waals surface area contributed by atoms with Crippen LogP contribution in [-0.2, 0) is 0 Å². The molecule has 1 aliphatic rings. The first-order valence-electron chi connectivity index (χ1n) is 6.06. The highest BCUT2D eigenvalue weighted by Crippen LogP contribution is 2.37. The van der Waals surface area contributed by atoms with Gasteiger partial charge in [-0.25, -0.2) is 4.39 Å². The summed E-state index contributed by atoms with van der Waals surface area (Å²) in [7, 11) is 1.98. The van der Waals surface area contributed by atoms with Crippen LogP contribution in [0.1, 0.15) is 37.2 Å². The number of nitrogens with zero attached hydrogens (tertiary/aromatic N) is 1. The third kappa shape index (κ3) is 2.59. The van der Waals surface area contributed by atoms with Crippen molar-refractivity contribution in [3.05, 3.63) is 29.8 Å². The van der Waals surface area contributed by atoms with Crippen molar-refractivity contribution in [2.24, 2.45) is 5.92 Å². The van der Waals surface area contributed by atoms with Gasteiger partial charge in [-0.2, -0.15) is 0 Å². The third-order valence-electron chi connectivity index (χ3n) is 3.53. The highest BCUT2D eigenvalue weighted by atomic mass is 19.1. The van der Waals surface area contributed by atoms with Gasteiger partial charge in [-0.05, 0) is 49.9 Å². The maximum absolute atomic E-state index is 13.2. The van der Waals surface area contributed by atoms with Gasteiger partial charge in [0.2, 0.25) is 0 Å². The highest BCUT2D eigenvalue weighted by Gasteiger charge is 2.26. The number of aromatic nitrogens is 1. The lowest BCUT2D eigenvalue weighted by Crippen LogP contribution is -2.27. The van der Waals surface area contributed by atoms with Crippen LogP contribution in [0.3, 0.4) is 0 Å². The van der Waals surface area contributed by atoms with E-state index in [0.717, 1.165) is 18.5 Å². The van der Waals surface area contributed by atoms with Gasteiger partial charge < -0.3 is 5.32 Å². The van der Waals surface area contributed by atoms with Crippen LogP contribution in [0, 0.1) is 11.7 Å². The molecule has 0 saturated heterocycles. The summed E-state index contributed by atoms with van der Waals surface area (Å²) in [5.41, 5.74) is 1.07. The Bertz CT molecular complexity index is 338. The second-order valence-electron chi connectivity index (χ2n) is 4.65. The van der Waals surface area contributed by atoms with Crippen molar-refractivity contribution in [2.45, 2.75) is 31.6 Å². The summed E-state index contributed by atoms with van der Waals surface area (Å²) in [5.74, 6) is 0.887. The first kappa shape index (κ1) is 11.5. The molecule has 0 amide bonds. The van der Waals surface area contributed by atoms with Crippen LogP contribution in [0.25, 0.3) is 0 Å². The molecule has 1 heterocycles. The van der Waals surface area contributed by atoms with E-state index >= 15 is 0 Å². The lowest BCUT2D eigenvalue weighted by atomic mass is 9.76. The third-order valence-corrected chi connectivity index (χ3v) is 3.53. The molecule has 1 fully saturated rings. The lowest BCUT2D eigenvalue weighted by Gasteiger charge is -2.31. The second-order valence-corrected chi connectivity index (χ2v) is 4.65. The maximum atomic E-state index is 13.2. The minimum Gasteiger partial charge on any atom is -0.319 e. The molecule has 0 radical (unpaired) electrons. The Morgan fingerprint density at radius 1 is 1.38 bits per heavy atom. The van der Waals surface area contributed by atoms with Crippen LogP contribution in [0.5, 0.6) is 0 Å². The van der Waals surface area contributed by atoms with Gasteiger partial charge in [-0.1, -0.05) is 12.8 Å². The van der Waals surface area contributed by atoms with Crippen LogP contribution >= 0.6 is 0 Å². The molecule has 1 aromatic rings. The van der Waals surface area contributed by atoms with Crippen LogP contribution < -0.4 is 5.32 Å². The minimum absolute atomic E-state index is 0.216. The van der Waals surface area contributed by atoms with E-state index in [9.17, 15) is 4.39 Å². The summed E-state index contributed by atoms with van der Waals surface area (Å²) < 4.78 is 13.2. The number of pyridine rings is 1. The van der Waals surface area contributed by atoms with Crippen LogP contribution in [-0.4, -0.2) is 18.6 Å². The van der Waals surface area contributed by atoms with Crippen molar-refractivity contribution in [3.8, 4) is 0 Å². The topological polar surface area (TPSA) is 24.9 Å². The fraction of sp³-hybridized carbons (Fsp3) is 0.615. The zero-order valence-electron chi connectivity index (χ0n) is 9.75. The number of nitrogens with one attached hydrogen (secondary N) is 1. The van der Waals surface area contributed by atoms with Crippen molar-refractivity contribution in [2.75, 3.05) is 13.6 Å². The van der Waals surface area contributed by atoms with Gasteiger partial charge in [-0.3, -0.25) is 4.98 Å². The highest BCUT2D eigenvalue weighted by molar-refractivity contribution is 5.17. The first-order chi connectivity index (χ1) is 7.81. The van der Waals surface area contributed by atoms with E-state index < -0.39 is 0 Å². The first-order valence-corrected chi connectivity index (χ1v) is 6.06. The second kappa shape index (κ2) is 5.39. The predicted octanol–water partition coefficient (Wildman–Crippen LogP) is 2.71. The molecule has 88 valence electrons. The Morgan fingerprint density at radius 3 is 2.94 bits per heavy atom. The number of hydrogen-bond donors (Lipinski definition) is 1. The smallest absolute Gasteiger partial charge is 0.141 e. The van der Waals surface area contributed by atoms with Crippen LogP contribution in [0.15, 0.2) is 18.5 Å². The van der Waals surface area contributed by atoms with E-state index in [1.165, 1.54) is 25.5 Å². The minimum atomic E-state index is -0.216. The molecule has 3 heteroatoms. The van der Waals surface area contributed by atoms with E-state index in [4.69, 9.17) is 0 Å². The molecule has 2 unspecified atom stereocenters. The molecule has 16 heavy (non-hydrogen) atoms. The van der Waals surface area contributed by atoms with Crippen molar-refractivity contribution in [1.82, 2.24) is 10.3 Å². The molecule has 0 aromatic carbocycles. The Hall–Kier alpha value is -0.960. The summed E-state index contributed by atoms with van der Waals surface area (Å²) in [6.45, 7) is 1.02. The molecule has 0 spiro atoms. The summed E-state index contributed by atoms with van der Waals surface area (Å²) in [5, 5.41) is 3.24. The number of halogens is 1. The van der Waals surface area contributed by atoms with Gasteiger partial charge >= 0.3 is 0 Å². The van der Waals surface area contributed by atoms with Crippen molar-refractivity contribution >= 4 is 0 Å². The molecule has 1 aliphatic carbocycles. The Balaban J connectivity index is 2.16. The molecular weight excluding hydrogens is 203 g/mol. The number of hydrogen-bond acceptors (Lipinski definition) is 2. The van der Waals surface area contributed by atoms with Gasteiger partial charge in [0.15, 0.2) is 0 Å². The molecule has 1 aromatic heterocycles. The van der Waals surface area contributed by atoms with Crippen molar-refractivity contribution in [1.29, 1.82) is 0 Å².